The molecule has 1 unspecified atom stereocenters. The van der Waals surface area contributed by atoms with Crippen LogP contribution in [-0.4, -0.2) is 53.5 Å². The maximum atomic E-state index is 12.7. The fourth-order valence-electron chi connectivity index (χ4n) is 2.71. The first kappa shape index (κ1) is 16.3. The number of pyridine rings is 1. The van der Waals surface area contributed by atoms with E-state index in [0.29, 0.717) is 17.9 Å². The maximum Gasteiger partial charge on any atom is 0.308 e. The number of likely N-dealkylation sites (tertiary alicyclic amines) is 1. The van der Waals surface area contributed by atoms with Gasteiger partial charge in [0.1, 0.15) is 5.82 Å². The van der Waals surface area contributed by atoms with E-state index in [4.69, 9.17) is 5.11 Å². The minimum Gasteiger partial charge on any atom is -0.481 e. The van der Waals surface area contributed by atoms with Gasteiger partial charge in [-0.2, -0.15) is 0 Å². The van der Waals surface area contributed by atoms with Crippen LogP contribution in [0.4, 0.5) is 5.82 Å². The lowest BCUT2D eigenvalue weighted by molar-refractivity contribution is -0.140. The van der Waals surface area contributed by atoms with Crippen molar-refractivity contribution in [1.29, 1.82) is 0 Å². The number of carbonyl (C=O) groups is 2. The number of hydrogen-bond donors (Lipinski definition) is 1. The summed E-state index contributed by atoms with van der Waals surface area (Å²) in [6, 6.07) is 3.51. The van der Waals surface area contributed by atoms with Gasteiger partial charge in [0.2, 0.25) is 0 Å². The Labute approximate surface area is 130 Å². The number of aliphatic carboxylic acids is 1. The summed E-state index contributed by atoms with van der Waals surface area (Å²) >= 11 is 0. The smallest absolute Gasteiger partial charge is 0.308 e. The highest BCUT2D eigenvalue weighted by Gasteiger charge is 2.24. The number of carbonyl (C=O) groups excluding carboxylic acids is 1. The Balaban J connectivity index is 2.18. The Morgan fingerprint density at radius 2 is 2.05 bits per heavy atom. The number of amides is 1. The van der Waals surface area contributed by atoms with Crippen molar-refractivity contribution < 1.29 is 14.7 Å². The van der Waals surface area contributed by atoms with E-state index >= 15 is 0 Å². The summed E-state index contributed by atoms with van der Waals surface area (Å²) in [6.45, 7) is 3.52. The summed E-state index contributed by atoms with van der Waals surface area (Å²) in [5.74, 6) is -0.847. The largest absolute Gasteiger partial charge is 0.481 e. The molecule has 6 nitrogen and oxygen atoms in total. The van der Waals surface area contributed by atoms with Crippen LogP contribution in [0.5, 0.6) is 0 Å². The number of nitrogens with zero attached hydrogens (tertiary/aromatic N) is 3. The standard InChI is InChI=1S/C16H23N3O3/c1-12(16(21)22)11-18(2)14-13(7-6-8-17-14)15(20)19-9-4-3-5-10-19/h6-8,12H,3-5,9-11H2,1-2H3,(H,21,22). The molecule has 1 fully saturated rings. The van der Waals surface area contributed by atoms with Crippen LogP contribution in [0.1, 0.15) is 36.5 Å². The molecule has 1 aliphatic heterocycles. The molecular formula is C16H23N3O3. The van der Waals surface area contributed by atoms with Gasteiger partial charge in [0, 0.05) is 32.9 Å². The Morgan fingerprint density at radius 1 is 1.36 bits per heavy atom. The minimum absolute atomic E-state index is 0.0161. The molecule has 1 amide bonds. The third kappa shape index (κ3) is 3.75. The fraction of sp³-hybridized carbons (Fsp3) is 0.562. The highest BCUT2D eigenvalue weighted by molar-refractivity contribution is 5.99. The average molecular weight is 305 g/mol. The highest BCUT2D eigenvalue weighted by atomic mass is 16.4. The van der Waals surface area contributed by atoms with Crippen molar-refractivity contribution >= 4 is 17.7 Å². The normalized spacial score (nSPS) is 16.2. The number of hydrogen-bond acceptors (Lipinski definition) is 4. The Bertz CT molecular complexity index is 541. The van der Waals surface area contributed by atoms with Gasteiger partial charge in [-0.15, -0.1) is 0 Å². The van der Waals surface area contributed by atoms with Crippen molar-refractivity contribution in [2.45, 2.75) is 26.2 Å². The van der Waals surface area contributed by atoms with E-state index in [1.807, 2.05) is 4.90 Å². The lowest BCUT2D eigenvalue weighted by Crippen LogP contribution is -2.37. The summed E-state index contributed by atoms with van der Waals surface area (Å²) < 4.78 is 0. The van der Waals surface area contributed by atoms with E-state index in [9.17, 15) is 9.59 Å². The molecule has 0 radical (unpaired) electrons. The van der Waals surface area contributed by atoms with Crippen LogP contribution in [0, 0.1) is 5.92 Å². The van der Waals surface area contributed by atoms with Gasteiger partial charge in [-0.3, -0.25) is 9.59 Å². The predicted octanol–water partition coefficient (Wildman–Crippen LogP) is 1.86. The molecule has 1 saturated heterocycles. The third-order valence-electron chi connectivity index (χ3n) is 3.99. The molecule has 120 valence electrons. The summed E-state index contributed by atoms with van der Waals surface area (Å²) in [7, 11) is 1.77. The van der Waals surface area contributed by atoms with E-state index in [1.165, 1.54) is 6.42 Å². The number of carboxylic acids is 1. The van der Waals surface area contributed by atoms with Gasteiger partial charge >= 0.3 is 5.97 Å². The Hall–Kier alpha value is -2.11. The molecule has 0 spiro atoms. The molecule has 1 atom stereocenters. The van der Waals surface area contributed by atoms with E-state index < -0.39 is 11.9 Å². The van der Waals surface area contributed by atoms with Gasteiger partial charge in [-0.05, 0) is 31.4 Å². The number of rotatable bonds is 5. The summed E-state index contributed by atoms with van der Waals surface area (Å²) in [5, 5.41) is 9.04. The third-order valence-corrected chi connectivity index (χ3v) is 3.99. The topological polar surface area (TPSA) is 73.7 Å². The van der Waals surface area contributed by atoms with E-state index in [2.05, 4.69) is 4.98 Å². The van der Waals surface area contributed by atoms with Gasteiger partial charge in [0.25, 0.3) is 5.91 Å². The molecule has 1 N–H and O–H groups in total. The second-order valence-electron chi connectivity index (χ2n) is 5.85. The second-order valence-corrected chi connectivity index (χ2v) is 5.85. The monoisotopic (exact) mass is 305 g/mol. The number of carboxylic acid groups (broad SMARTS) is 1. The van der Waals surface area contributed by atoms with Crippen LogP contribution in [0.15, 0.2) is 18.3 Å². The van der Waals surface area contributed by atoms with Crippen molar-refractivity contribution in [1.82, 2.24) is 9.88 Å². The molecule has 1 aromatic rings. The van der Waals surface area contributed by atoms with E-state index in [1.54, 1.807) is 37.2 Å². The molecule has 2 heterocycles. The SMILES string of the molecule is CC(CN(C)c1ncccc1C(=O)N1CCCCC1)C(=O)O. The van der Waals surface area contributed by atoms with Crippen molar-refractivity contribution in [3.8, 4) is 0 Å². The molecule has 0 aromatic carbocycles. The van der Waals surface area contributed by atoms with Crippen LogP contribution in [0.25, 0.3) is 0 Å². The maximum absolute atomic E-state index is 12.7. The first-order valence-electron chi connectivity index (χ1n) is 7.69. The first-order chi connectivity index (χ1) is 10.5. The molecule has 6 heteroatoms. The Kier molecular flexibility index (Phi) is 5.35. The zero-order valence-corrected chi connectivity index (χ0v) is 13.2. The predicted molar refractivity (Wildman–Crippen MR) is 84.1 cm³/mol. The van der Waals surface area contributed by atoms with Gasteiger partial charge in [0.05, 0.1) is 11.5 Å². The molecule has 1 aromatic heterocycles. The van der Waals surface area contributed by atoms with Crippen molar-refractivity contribution in [3.63, 3.8) is 0 Å². The second kappa shape index (κ2) is 7.24. The molecule has 22 heavy (non-hydrogen) atoms. The molecule has 0 bridgehead atoms. The van der Waals surface area contributed by atoms with Crippen LogP contribution in [0.3, 0.4) is 0 Å². The first-order valence-corrected chi connectivity index (χ1v) is 7.69. The summed E-state index contributed by atoms with van der Waals surface area (Å²) in [5.41, 5.74) is 0.546. The molecule has 0 saturated carbocycles. The van der Waals surface area contributed by atoms with E-state index in [0.717, 1.165) is 25.9 Å². The van der Waals surface area contributed by atoms with Gasteiger partial charge < -0.3 is 14.9 Å². The zero-order chi connectivity index (χ0) is 16.1. The minimum atomic E-state index is -0.855. The van der Waals surface area contributed by atoms with Gasteiger partial charge in [-0.1, -0.05) is 6.92 Å². The molecular weight excluding hydrogens is 282 g/mol. The van der Waals surface area contributed by atoms with Crippen molar-refractivity contribution in [2.75, 3.05) is 31.6 Å². The molecule has 2 rings (SSSR count). The van der Waals surface area contributed by atoms with Gasteiger partial charge in [0.15, 0.2) is 0 Å². The lowest BCUT2D eigenvalue weighted by Gasteiger charge is -2.29. The highest BCUT2D eigenvalue weighted by Crippen LogP contribution is 2.21. The van der Waals surface area contributed by atoms with Crippen LogP contribution < -0.4 is 4.90 Å². The van der Waals surface area contributed by atoms with Crippen LogP contribution in [0.2, 0.25) is 0 Å². The number of anilines is 1. The zero-order valence-electron chi connectivity index (χ0n) is 13.2. The number of piperidine rings is 1. The average Bonchev–Trinajstić information content (AvgIpc) is 2.54. The quantitative estimate of drug-likeness (QED) is 0.899. The fourth-order valence-corrected chi connectivity index (χ4v) is 2.71. The van der Waals surface area contributed by atoms with Gasteiger partial charge in [-0.25, -0.2) is 4.98 Å². The summed E-state index contributed by atoms with van der Waals surface area (Å²) in [4.78, 5) is 31.6. The summed E-state index contributed by atoms with van der Waals surface area (Å²) in [6.07, 6.45) is 4.87. The molecule has 1 aliphatic rings. The van der Waals surface area contributed by atoms with Crippen LogP contribution >= 0.6 is 0 Å². The lowest BCUT2D eigenvalue weighted by atomic mass is 10.1. The Morgan fingerprint density at radius 3 is 2.68 bits per heavy atom. The molecule has 0 aliphatic carbocycles. The number of aromatic nitrogens is 1. The van der Waals surface area contributed by atoms with Crippen molar-refractivity contribution in [2.24, 2.45) is 5.92 Å². The van der Waals surface area contributed by atoms with Crippen molar-refractivity contribution in [3.05, 3.63) is 23.9 Å². The van der Waals surface area contributed by atoms with Crippen LogP contribution in [-0.2, 0) is 4.79 Å². The van der Waals surface area contributed by atoms with E-state index in [-0.39, 0.29) is 5.91 Å².